The second kappa shape index (κ2) is 3.44. The molecule has 0 bridgehead atoms. The van der Waals surface area contributed by atoms with E-state index in [9.17, 15) is 16.8 Å². The minimum atomic E-state index is -4.22. The zero-order valence-corrected chi connectivity index (χ0v) is 7.97. The molecule has 0 heterocycles. The average Bonchev–Trinajstić information content (AvgIpc) is 2.03. The van der Waals surface area contributed by atoms with Gasteiger partial charge in [-0.05, 0) is 12.2 Å². The lowest BCUT2D eigenvalue weighted by atomic mass is 10.2. The number of hydrogen-bond donors (Lipinski definition) is 1. The third kappa shape index (κ3) is 2.51. The van der Waals surface area contributed by atoms with Crippen LogP contribution >= 0.6 is 0 Å². The maximum atomic E-state index is 10.5. The van der Waals surface area contributed by atoms with Crippen LogP contribution in [0.2, 0.25) is 0 Å². The van der Waals surface area contributed by atoms with Crippen molar-refractivity contribution in [2.45, 2.75) is 6.42 Å². The van der Waals surface area contributed by atoms with E-state index in [1.54, 1.807) is 0 Å². The lowest BCUT2D eigenvalue weighted by Crippen LogP contribution is -2.06. The van der Waals surface area contributed by atoms with Crippen molar-refractivity contribution in [3.05, 3.63) is 23.1 Å². The van der Waals surface area contributed by atoms with Gasteiger partial charge in [-0.3, -0.25) is 4.55 Å². The molecule has 13 heavy (non-hydrogen) atoms. The second-order valence-electron chi connectivity index (χ2n) is 2.32. The Morgan fingerprint density at radius 2 is 1.92 bits per heavy atom. The fraction of sp³-hybridized carbons (Fsp3) is 0.167. The first-order valence-corrected chi connectivity index (χ1v) is 5.73. The molecule has 0 aromatic carbocycles. The molecule has 72 valence electrons. The number of allylic oxidation sites excluding steroid dienone is 3. The molecule has 0 radical (unpaired) electrons. The number of rotatable bonds is 1. The van der Waals surface area contributed by atoms with Crippen LogP contribution in [0.15, 0.2) is 23.1 Å². The van der Waals surface area contributed by atoms with Gasteiger partial charge >= 0.3 is 0 Å². The van der Waals surface area contributed by atoms with Crippen molar-refractivity contribution in [1.29, 1.82) is 0 Å². The standard InChI is InChI=1S/C6H6O5S2/c7-12(8)5-1-3-6(4-2-5)13(9,10)11/h1,3-4H,2H2,(H,9,10,11). The van der Waals surface area contributed by atoms with Gasteiger partial charge in [-0.2, -0.15) is 16.8 Å². The van der Waals surface area contributed by atoms with Gasteiger partial charge in [-0.1, -0.05) is 6.08 Å². The van der Waals surface area contributed by atoms with E-state index in [-0.39, 0.29) is 16.2 Å². The molecule has 0 fully saturated rings. The first kappa shape index (κ1) is 10.2. The maximum Gasteiger partial charge on any atom is 0.294 e. The van der Waals surface area contributed by atoms with E-state index in [0.29, 0.717) is 0 Å². The van der Waals surface area contributed by atoms with Crippen LogP contribution in [0.4, 0.5) is 0 Å². The maximum absolute atomic E-state index is 10.5. The van der Waals surface area contributed by atoms with Gasteiger partial charge in [0.25, 0.3) is 10.1 Å². The predicted molar refractivity (Wildman–Crippen MR) is 47.3 cm³/mol. The van der Waals surface area contributed by atoms with Gasteiger partial charge in [0, 0.05) is 6.42 Å². The van der Waals surface area contributed by atoms with Gasteiger partial charge in [0.2, 0.25) is 10.3 Å². The molecule has 0 atom stereocenters. The SMILES string of the molecule is O=S(=O)=C1C=CC(S(=O)(=O)O)=CC1. The molecule has 1 aliphatic carbocycles. The molecular formula is C6H6O5S2. The first-order valence-electron chi connectivity index (χ1n) is 3.22. The highest BCUT2D eigenvalue weighted by Crippen LogP contribution is 2.12. The Morgan fingerprint density at radius 3 is 2.23 bits per heavy atom. The molecule has 1 aliphatic rings. The van der Waals surface area contributed by atoms with E-state index in [2.05, 4.69) is 0 Å². The molecule has 0 amide bonds. The lowest BCUT2D eigenvalue weighted by molar-refractivity contribution is 0.492. The Kier molecular flexibility index (Phi) is 2.69. The molecule has 0 saturated carbocycles. The van der Waals surface area contributed by atoms with Crippen LogP contribution in [0.3, 0.4) is 0 Å². The van der Waals surface area contributed by atoms with Gasteiger partial charge in [-0.25, -0.2) is 0 Å². The third-order valence-corrected chi connectivity index (χ3v) is 3.08. The van der Waals surface area contributed by atoms with Gasteiger partial charge in [-0.15, -0.1) is 0 Å². The summed E-state index contributed by atoms with van der Waals surface area (Å²) in [5.41, 5.74) is 0. The Balaban J connectivity index is 3.10. The smallest absolute Gasteiger partial charge is 0.282 e. The fourth-order valence-corrected chi connectivity index (χ4v) is 1.76. The summed E-state index contributed by atoms with van der Waals surface area (Å²) in [5, 5.41) is 0. The summed E-state index contributed by atoms with van der Waals surface area (Å²) in [6.07, 6.45) is 3.32. The summed E-state index contributed by atoms with van der Waals surface area (Å²) in [4.78, 5) is -0.186. The Morgan fingerprint density at radius 1 is 1.31 bits per heavy atom. The predicted octanol–water partition coefficient (Wildman–Crippen LogP) is -0.230. The second-order valence-corrected chi connectivity index (χ2v) is 4.74. The van der Waals surface area contributed by atoms with E-state index < -0.39 is 20.4 Å². The highest BCUT2D eigenvalue weighted by Gasteiger charge is 2.13. The normalized spacial score (nSPS) is 17.0. The summed E-state index contributed by atoms with van der Waals surface area (Å²) >= 11 is 0. The summed E-state index contributed by atoms with van der Waals surface area (Å²) in [6.45, 7) is 0. The van der Waals surface area contributed by atoms with E-state index in [1.165, 1.54) is 0 Å². The molecule has 0 aromatic heterocycles. The fourth-order valence-electron chi connectivity index (χ4n) is 0.827. The van der Waals surface area contributed by atoms with Crippen LogP contribution < -0.4 is 0 Å². The van der Waals surface area contributed by atoms with E-state index in [1.807, 2.05) is 0 Å². The van der Waals surface area contributed by atoms with Crippen LogP contribution in [0.5, 0.6) is 0 Å². The van der Waals surface area contributed by atoms with Crippen molar-refractivity contribution in [2.75, 3.05) is 0 Å². The summed E-state index contributed by atoms with van der Waals surface area (Å²) in [7, 11) is -6.55. The van der Waals surface area contributed by atoms with Crippen molar-refractivity contribution in [3.8, 4) is 0 Å². The summed E-state index contributed by atoms with van der Waals surface area (Å²) in [6, 6.07) is 0. The quantitative estimate of drug-likeness (QED) is 0.489. The van der Waals surface area contributed by atoms with Gasteiger partial charge in [0.05, 0.1) is 9.77 Å². The molecule has 0 aromatic rings. The van der Waals surface area contributed by atoms with Gasteiger partial charge < -0.3 is 0 Å². The topological polar surface area (TPSA) is 88.5 Å². The monoisotopic (exact) mass is 222 g/mol. The van der Waals surface area contributed by atoms with E-state index >= 15 is 0 Å². The van der Waals surface area contributed by atoms with Crippen molar-refractivity contribution in [3.63, 3.8) is 0 Å². The Labute approximate surface area is 76.7 Å². The van der Waals surface area contributed by atoms with E-state index in [0.717, 1.165) is 18.2 Å². The summed E-state index contributed by atoms with van der Waals surface area (Å²) in [5.74, 6) is 0. The van der Waals surface area contributed by atoms with Crippen LogP contribution in [0.1, 0.15) is 6.42 Å². The van der Waals surface area contributed by atoms with Crippen LogP contribution in [0.25, 0.3) is 0 Å². The molecule has 0 unspecified atom stereocenters. The Hall–Kier alpha value is -0.920. The molecule has 0 saturated heterocycles. The molecule has 5 nitrogen and oxygen atoms in total. The molecule has 1 rings (SSSR count). The minimum Gasteiger partial charge on any atom is -0.282 e. The largest absolute Gasteiger partial charge is 0.294 e. The molecule has 0 aliphatic heterocycles. The minimum absolute atomic E-state index is 0.0122. The van der Waals surface area contributed by atoms with Crippen molar-refractivity contribution in [1.82, 2.24) is 0 Å². The first-order chi connectivity index (χ1) is 5.91. The van der Waals surface area contributed by atoms with Crippen LogP contribution in [0, 0.1) is 0 Å². The van der Waals surface area contributed by atoms with Gasteiger partial charge in [0.1, 0.15) is 0 Å². The number of hydrogen-bond acceptors (Lipinski definition) is 4. The lowest BCUT2D eigenvalue weighted by Gasteiger charge is -2.02. The highest BCUT2D eigenvalue weighted by atomic mass is 32.2. The van der Waals surface area contributed by atoms with E-state index in [4.69, 9.17) is 4.55 Å². The molecule has 1 N–H and O–H groups in total. The van der Waals surface area contributed by atoms with Crippen molar-refractivity contribution < 1.29 is 21.4 Å². The van der Waals surface area contributed by atoms with Gasteiger partial charge in [0.15, 0.2) is 0 Å². The molecular weight excluding hydrogens is 216 g/mol. The average molecular weight is 222 g/mol. The van der Waals surface area contributed by atoms with Crippen LogP contribution in [-0.2, 0) is 20.4 Å². The van der Waals surface area contributed by atoms with Crippen LogP contribution in [-0.4, -0.2) is 26.3 Å². The molecule has 0 spiro atoms. The van der Waals surface area contributed by atoms with Crippen molar-refractivity contribution >= 4 is 25.3 Å². The zero-order valence-electron chi connectivity index (χ0n) is 6.34. The summed E-state index contributed by atoms with van der Waals surface area (Å²) < 4.78 is 50.4. The zero-order chi connectivity index (χ0) is 10.1. The highest BCUT2D eigenvalue weighted by molar-refractivity contribution is 7.90. The third-order valence-electron chi connectivity index (χ3n) is 1.45. The molecule has 7 heteroatoms. The van der Waals surface area contributed by atoms with Crippen molar-refractivity contribution in [2.24, 2.45) is 0 Å². The Bertz CT molecular complexity index is 495.